The lowest BCUT2D eigenvalue weighted by Gasteiger charge is -2.20. The minimum atomic E-state index is 0.476. The molecular weight excluding hydrogens is 238 g/mol. The predicted molar refractivity (Wildman–Crippen MR) is 74.4 cm³/mol. The van der Waals surface area contributed by atoms with Crippen LogP contribution in [-0.4, -0.2) is 6.54 Å². The van der Waals surface area contributed by atoms with Crippen LogP contribution in [0.3, 0.4) is 0 Å². The summed E-state index contributed by atoms with van der Waals surface area (Å²) in [6.45, 7) is 7.76. The first-order valence-corrected chi connectivity index (χ1v) is 7.35. The molecule has 0 aromatic carbocycles. The van der Waals surface area contributed by atoms with Gasteiger partial charge in [0.15, 0.2) is 0 Å². The molecule has 1 aromatic heterocycles. The van der Waals surface area contributed by atoms with Crippen molar-refractivity contribution in [2.75, 3.05) is 6.54 Å². The van der Waals surface area contributed by atoms with E-state index in [0.717, 1.165) is 16.8 Å². The van der Waals surface area contributed by atoms with E-state index < -0.39 is 0 Å². The molecular formula is C13H22ClNS. The summed E-state index contributed by atoms with van der Waals surface area (Å²) >= 11 is 7.69. The minimum Gasteiger partial charge on any atom is -0.310 e. The molecule has 0 aliphatic rings. The topological polar surface area (TPSA) is 12.0 Å². The zero-order valence-electron chi connectivity index (χ0n) is 10.4. The van der Waals surface area contributed by atoms with E-state index in [-0.39, 0.29) is 0 Å². The molecule has 92 valence electrons. The van der Waals surface area contributed by atoms with E-state index in [9.17, 15) is 0 Å². The summed E-state index contributed by atoms with van der Waals surface area (Å²) in [5.41, 5.74) is 0. The van der Waals surface area contributed by atoms with Crippen LogP contribution in [0.25, 0.3) is 0 Å². The average molecular weight is 260 g/mol. The molecule has 0 aliphatic heterocycles. The molecule has 2 unspecified atom stereocenters. The van der Waals surface area contributed by atoms with E-state index in [0.29, 0.717) is 6.04 Å². The Labute approximate surface area is 108 Å². The summed E-state index contributed by atoms with van der Waals surface area (Å²) in [4.78, 5) is 1.37. The fourth-order valence-corrected chi connectivity index (χ4v) is 3.22. The highest BCUT2D eigenvalue weighted by Gasteiger charge is 2.15. The summed E-state index contributed by atoms with van der Waals surface area (Å²) in [6.07, 6.45) is 3.78. The Bertz CT molecular complexity index is 298. The zero-order chi connectivity index (χ0) is 12.0. The molecule has 1 heterocycles. The molecule has 0 radical (unpaired) electrons. The second-order valence-electron chi connectivity index (χ2n) is 4.38. The third-order valence-electron chi connectivity index (χ3n) is 2.81. The van der Waals surface area contributed by atoms with Crippen LogP contribution >= 0.6 is 22.9 Å². The second-order valence-corrected chi connectivity index (χ2v) is 6.13. The first kappa shape index (κ1) is 14.0. The fourth-order valence-electron chi connectivity index (χ4n) is 2.08. The largest absolute Gasteiger partial charge is 0.310 e. The quantitative estimate of drug-likeness (QED) is 0.736. The maximum absolute atomic E-state index is 5.99. The summed E-state index contributed by atoms with van der Waals surface area (Å²) in [7, 11) is 0. The highest BCUT2D eigenvalue weighted by atomic mass is 35.5. The molecule has 0 spiro atoms. The average Bonchev–Trinajstić information content (AvgIpc) is 2.64. The second kappa shape index (κ2) is 7.31. The summed E-state index contributed by atoms with van der Waals surface area (Å²) in [5, 5.41) is 3.55. The van der Waals surface area contributed by atoms with Crippen LogP contribution in [0, 0.1) is 5.92 Å². The summed E-state index contributed by atoms with van der Waals surface area (Å²) in [6, 6.07) is 4.62. The van der Waals surface area contributed by atoms with Crippen LogP contribution < -0.4 is 5.32 Å². The van der Waals surface area contributed by atoms with Gasteiger partial charge in [-0.1, -0.05) is 45.2 Å². The van der Waals surface area contributed by atoms with Gasteiger partial charge in [-0.25, -0.2) is 0 Å². The maximum atomic E-state index is 5.99. The van der Waals surface area contributed by atoms with Crippen LogP contribution in [0.2, 0.25) is 4.34 Å². The lowest BCUT2D eigenvalue weighted by molar-refractivity contribution is 0.399. The minimum absolute atomic E-state index is 0.476. The molecule has 0 amide bonds. The monoisotopic (exact) mass is 259 g/mol. The van der Waals surface area contributed by atoms with E-state index in [1.807, 2.05) is 6.07 Å². The van der Waals surface area contributed by atoms with Gasteiger partial charge in [0.25, 0.3) is 0 Å². The van der Waals surface area contributed by atoms with Gasteiger partial charge in [0.1, 0.15) is 0 Å². The van der Waals surface area contributed by atoms with Gasteiger partial charge < -0.3 is 5.32 Å². The maximum Gasteiger partial charge on any atom is 0.0931 e. The van der Waals surface area contributed by atoms with Crippen LogP contribution in [0.4, 0.5) is 0 Å². The fraction of sp³-hybridized carbons (Fsp3) is 0.692. The standard InChI is InChI=1S/C13H22ClNS/c1-4-6-10(3)9-11(15-5-2)12-7-8-13(14)16-12/h7-8,10-11,15H,4-6,9H2,1-3H3. The van der Waals surface area contributed by atoms with Crippen molar-refractivity contribution in [3.05, 3.63) is 21.3 Å². The Hall–Kier alpha value is -0.0500. The first-order chi connectivity index (χ1) is 7.67. The van der Waals surface area contributed by atoms with Crippen molar-refractivity contribution in [1.82, 2.24) is 5.32 Å². The van der Waals surface area contributed by atoms with Crippen LogP contribution in [-0.2, 0) is 0 Å². The first-order valence-electron chi connectivity index (χ1n) is 6.16. The van der Waals surface area contributed by atoms with Gasteiger partial charge >= 0.3 is 0 Å². The Kier molecular flexibility index (Phi) is 6.40. The van der Waals surface area contributed by atoms with Crippen molar-refractivity contribution in [1.29, 1.82) is 0 Å². The molecule has 0 fully saturated rings. The molecule has 2 atom stereocenters. The van der Waals surface area contributed by atoms with Crippen molar-refractivity contribution in [2.45, 2.75) is 46.1 Å². The third kappa shape index (κ3) is 4.44. The highest BCUT2D eigenvalue weighted by Crippen LogP contribution is 2.31. The number of hydrogen-bond acceptors (Lipinski definition) is 2. The summed E-state index contributed by atoms with van der Waals surface area (Å²) < 4.78 is 0.890. The molecule has 0 aliphatic carbocycles. The Morgan fingerprint density at radius 2 is 2.12 bits per heavy atom. The molecule has 0 bridgehead atoms. The van der Waals surface area contributed by atoms with Gasteiger partial charge in [-0.2, -0.15) is 0 Å². The van der Waals surface area contributed by atoms with Crippen molar-refractivity contribution in [3.8, 4) is 0 Å². The third-order valence-corrected chi connectivity index (χ3v) is 4.15. The van der Waals surface area contributed by atoms with E-state index in [1.165, 1.54) is 24.1 Å². The number of hydrogen-bond donors (Lipinski definition) is 1. The van der Waals surface area contributed by atoms with Gasteiger partial charge in [-0.15, -0.1) is 11.3 Å². The Morgan fingerprint density at radius 3 is 2.62 bits per heavy atom. The Morgan fingerprint density at radius 1 is 1.38 bits per heavy atom. The van der Waals surface area contributed by atoms with Gasteiger partial charge in [-0.3, -0.25) is 0 Å². The van der Waals surface area contributed by atoms with Gasteiger partial charge in [0, 0.05) is 10.9 Å². The number of thiophene rings is 1. The lowest BCUT2D eigenvalue weighted by atomic mass is 9.96. The van der Waals surface area contributed by atoms with Crippen molar-refractivity contribution in [2.24, 2.45) is 5.92 Å². The normalized spacial score (nSPS) is 15.0. The van der Waals surface area contributed by atoms with Gasteiger partial charge in [0.05, 0.1) is 4.34 Å². The molecule has 1 nitrogen and oxygen atoms in total. The molecule has 0 saturated heterocycles. The van der Waals surface area contributed by atoms with Crippen molar-refractivity contribution >= 4 is 22.9 Å². The van der Waals surface area contributed by atoms with E-state index in [1.54, 1.807) is 11.3 Å². The van der Waals surface area contributed by atoms with Crippen LogP contribution in [0.5, 0.6) is 0 Å². The van der Waals surface area contributed by atoms with Crippen LogP contribution in [0.1, 0.15) is 51.0 Å². The number of nitrogens with one attached hydrogen (secondary N) is 1. The van der Waals surface area contributed by atoms with E-state index >= 15 is 0 Å². The Balaban J connectivity index is 2.60. The molecule has 1 aromatic rings. The predicted octanol–water partition coefficient (Wildman–Crippen LogP) is 4.88. The number of rotatable bonds is 7. The van der Waals surface area contributed by atoms with E-state index in [4.69, 9.17) is 11.6 Å². The van der Waals surface area contributed by atoms with E-state index in [2.05, 4.69) is 32.2 Å². The zero-order valence-corrected chi connectivity index (χ0v) is 12.0. The molecule has 1 N–H and O–H groups in total. The van der Waals surface area contributed by atoms with Crippen molar-refractivity contribution < 1.29 is 0 Å². The molecule has 16 heavy (non-hydrogen) atoms. The van der Waals surface area contributed by atoms with Gasteiger partial charge in [-0.05, 0) is 31.0 Å². The number of halogens is 1. The van der Waals surface area contributed by atoms with Crippen molar-refractivity contribution in [3.63, 3.8) is 0 Å². The molecule has 0 saturated carbocycles. The molecule has 3 heteroatoms. The lowest BCUT2D eigenvalue weighted by Crippen LogP contribution is -2.22. The molecule has 1 rings (SSSR count). The summed E-state index contributed by atoms with van der Waals surface area (Å²) in [5.74, 6) is 0.773. The smallest absolute Gasteiger partial charge is 0.0931 e. The SMILES string of the molecule is CCCC(C)CC(NCC)c1ccc(Cl)s1. The van der Waals surface area contributed by atoms with Gasteiger partial charge in [0.2, 0.25) is 0 Å². The van der Waals surface area contributed by atoms with Crippen LogP contribution in [0.15, 0.2) is 12.1 Å². The highest BCUT2D eigenvalue weighted by molar-refractivity contribution is 7.16.